The average Bonchev–Trinajstić information content (AvgIpc) is 3.91. The van der Waals surface area contributed by atoms with Crippen LogP contribution in [-0.2, 0) is 14.3 Å². The summed E-state index contributed by atoms with van der Waals surface area (Å²) in [5.41, 5.74) is 3.65. The van der Waals surface area contributed by atoms with E-state index in [0.717, 1.165) is 12.8 Å². The van der Waals surface area contributed by atoms with E-state index in [1.54, 1.807) is 48.7 Å². The highest BCUT2D eigenvalue weighted by Gasteiger charge is 2.34. The molecule has 2 aliphatic rings. The summed E-state index contributed by atoms with van der Waals surface area (Å²) >= 11 is 6.25. The third-order valence-electron chi connectivity index (χ3n) is 8.75. The van der Waals surface area contributed by atoms with Crippen LogP contribution in [-0.4, -0.2) is 90.9 Å². The number of hydrogen-bond acceptors (Lipinski definition) is 10. The summed E-state index contributed by atoms with van der Waals surface area (Å²) in [6.45, 7) is 1.06. The Kier molecular flexibility index (Phi) is 10.5. The fraction of sp³-hybridized carbons (Fsp3) is 0.364. The summed E-state index contributed by atoms with van der Waals surface area (Å²) in [5.74, 6) is -0.389. The van der Waals surface area contributed by atoms with Gasteiger partial charge in [-0.15, -0.1) is 5.10 Å². The Morgan fingerprint density at radius 2 is 1.96 bits per heavy atom. The van der Waals surface area contributed by atoms with Gasteiger partial charge >= 0.3 is 6.09 Å². The lowest BCUT2D eigenvalue weighted by atomic mass is 9.90. The first-order valence-electron chi connectivity index (χ1n) is 16.0. The van der Waals surface area contributed by atoms with Gasteiger partial charge in [-0.3, -0.25) is 14.9 Å². The molecule has 6 rings (SSSR count). The van der Waals surface area contributed by atoms with Gasteiger partial charge in [0.1, 0.15) is 12.2 Å². The number of anilines is 2. The van der Waals surface area contributed by atoms with Crippen LogP contribution in [0.15, 0.2) is 55.0 Å². The number of aliphatic hydroxyl groups excluding tert-OH is 1. The molecule has 2 aromatic carbocycles. The van der Waals surface area contributed by atoms with Gasteiger partial charge in [0.05, 0.1) is 49.3 Å². The highest BCUT2D eigenvalue weighted by atomic mass is 35.5. The first-order chi connectivity index (χ1) is 23.8. The molecule has 3 amide bonds. The molecule has 5 N–H and O–H groups in total. The number of methoxy groups -OCH3 is 1. The van der Waals surface area contributed by atoms with Gasteiger partial charge in [-0.2, -0.15) is 4.68 Å². The summed E-state index contributed by atoms with van der Waals surface area (Å²) in [6.07, 6.45) is 8.91. The number of aromatic nitrogens is 6. The van der Waals surface area contributed by atoms with Crippen molar-refractivity contribution in [1.29, 1.82) is 0 Å². The minimum absolute atomic E-state index is 0.0208. The molecule has 256 valence electrons. The number of hydrogen-bond donors (Lipinski definition) is 5. The largest absolute Gasteiger partial charge is 0.453 e. The lowest BCUT2D eigenvalue weighted by Crippen LogP contribution is -2.44. The van der Waals surface area contributed by atoms with Crippen LogP contribution in [0.25, 0.3) is 23.0 Å². The molecule has 49 heavy (non-hydrogen) atoms. The SMILES string of the molecule is COC(=O)Nc1ccc2c(c1)N[C@@H](CO)[C@@H](C(=O)N1CCCC1)CCC[C@H](NC(=O)/C=C/c1cc(Cl)ccc1-n1cnnn1)c1ncc-2[nH]1. The first kappa shape index (κ1) is 33.6. The average molecular weight is 689 g/mol. The molecule has 0 saturated carbocycles. The lowest BCUT2D eigenvalue weighted by molar-refractivity contribution is -0.135. The number of aromatic amines is 1. The van der Waals surface area contributed by atoms with Gasteiger partial charge in [0, 0.05) is 46.7 Å². The van der Waals surface area contributed by atoms with Crippen LogP contribution in [0.4, 0.5) is 16.2 Å². The lowest BCUT2D eigenvalue weighted by Gasteiger charge is -2.31. The topological polar surface area (TPSA) is 192 Å². The van der Waals surface area contributed by atoms with E-state index < -0.39 is 24.1 Å². The van der Waals surface area contributed by atoms with Gasteiger partial charge < -0.3 is 30.4 Å². The summed E-state index contributed by atoms with van der Waals surface area (Å²) in [4.78, 5) is 49.1. The molecular formula is C33H37ClN10O5. The summed E-state index contributed by atoms with van der Waals surface area (Å²) in [7, 11) is 1.28. The molecule has 0 spiro atoms. The van der Waals surface area contributed by atoms with Gasteiger partial charge in [0.2, 0.25) is 11.8 Å². The summed E-state index contributed by atoms with van der Waals surface area (Å²) in [5, 5.41) is 31.6. The van der Waals surface area contributed by atoms with Crippen molar-refractivity contribution in [3.8, 4) is 16.9 Å². The van der Waals surface area contributed by atoms with Crippen molar-refractivity contribution in [3.05, 3.63) is 71.4 Å². The van der Waals surface area contributed by atoms with E-state index in [4.69, 9.17) is 16.3 Å². The van der Waals surface area contributed by atoms with Crippen molar-refractivity contribution in [3.63, 3.8) is 0 Å². The zero-order valence-corrected chi connectivity index (χ0v) is 27.6. The van der Waals surface area contributed by atoms with Crippen molar-refractivity contribution < 1.29 is 24.2 Å². The predicted molar refractivity (Wildman–Crippen MR) is 182 cm³/mol. The molecule has 2 aromatic heterocycles. The fourth-order valence-corrected chi connectivity index (χ4v) is 6.46. The number of tetrazole rings is 1. The van der Waals surface area contributed by atoms with E-state index in [2.05, 4.69) is 41.4 Å². The molecule has 2 aliphatic heterocycles. The second kappa shape index (κ2) is 15.3. The van der Waals surface area contributed by atoms with Gasteiger partial charge in [-0.1, -0.05) is 18.0 Å². The molecule has 2 bridgehead atoms. The number of benzene rings is 2. The van der Waals surface area contributed by atoms with Crippen molar-refractivity contribution in [2.45, 2.75) is 44.2 Å². The van der Waals surface area contributed by atoms with Crippen molar-refractivity contribution in [2.24, 2.45) is 5.92 Å². The Hall–Kier alpha value is -5.28. The Balaban J connectivity index is 1.31. The number of halogens is 1. The van der Waals surface area contributed by atoms with E-state index in [1.165, 1.54) is 24.2 Å². The van der Waals surface area contributed by atoms with Gasteiger partial charge in [-0.25, -0.2) is 9.78 Å². The number of nitrogens with one attached hydrogen (secondary N) is 4. The second-order valence-corrected chi connectivity index (χ2v) is 12.4. The van der Waals surface area contributed by atoms with Crippen LogP contribution in [0.1, 0.15) is 49.5 Å². The number of imidazole rings is 1. The molecule has 4 aromatic rings. The Bertz CT molecular complexity index is 1820. The van der Waals surface area contributed by atoms with E-state index in [1.807, 2.05) is 4.90 Å². The summed E-state index contributed by atoms with van der Waals surface area (Å²) < 4.78 is 6.24. The molecule has 0 unspecified atom stereocenters. The van der Waals surface area contributed by atoms with Gasteiger partial charge in [0.25, 0.3) is 0 Å². The number of rotatable bonds is 7. The van der Waals surface area contributed by atoms with Crippen molar-refractivity contribution >= 4 is 47.0 Å². The number of ether oxygens (including phenoxy) is 1. The van der Waals surface area contributed by atoms with E-state index >= 15 is 0 Å². The molecule has 1 fully saturated rings. The maximum Gasteiger partial charge on any atom is 0.411 e. The van der Waals surface area contributed by atoms with Crippen LogP contribution < -0.4 is 16.0 Å². The summed E-state index contributed by atoms with van der Waals surface area (Å²) in [6, 6.07) is 9.28. The standard InChI is InChI=1S/C33H37ClN10O5/c1-49-33(48)37-22-9-10-23-26(16-22)38-28(18-45)24(32(47)43-13-2-3-14-43)5-4-6-25(31-35-17-27(23)40-31)39-30(46)12-7-20-15-21(34)8-11-29(20)44-19-36-41-42-44/h7-12,15-17,19,24-25,28,38,45H,2-6,13-14,18H2,1H3,(H,35,40)(H,37,48)(H,39,46)/b12-7+/t24-,25-,28-/m0/s1. The van der Waals surface area contributed by atoms with Gasteiger partial charge in [-0.05, 0) is 78.6 Å². The molecule has 16 heteroatoms. The number of carbonyl (C=O) groups excluding carboxylic acids is 3. The maximum atomic E-state index is 13.9. The molecule has 15 nitrogen and oxygen atoms in total. The second-order valence-electron chi connectivity index (χ2n) is 11.9. The maximum absolute atomic E-state index is 13.9. The number of nitrogens with zero attached hydrogens (tertiary/aromatic N) is 6. The van der Waals surface area contributed by atoms with Crippen LogP contribution in [0.2, 0.25) is 5.02 Å². The molecule has 4 heterocycles. The monoisotopic (exact) mass is 688 g/mol. The number of amides is 3. The zero-order chi connectivity index (χ0) is 34.3. The normalized spacial score (nSPS) is 19.3. The van der Waals surface area contributed by atoms with Crippen LogP contribution in [0, 0.1) is 5.92 Å². The van der Waals surface area contributed by atoms with Crippen LogP contribution >= 0.6 is 11.6 Å². The minimum Gasteiger partial charge on any atom is -0.453 e. The third-order valence-corrected chi connectivity index (χ3v) is 8.98. The smallest absolute Gasteiger partial charge is 0.411 e. The molecule has 0 aliphatic carbocycles. The molecule has 3 atom stereocenters. The number of carbonyl (C=O) groups is 3. The Labute approximate surface area is 287 Å². The first-order valence-corrected chi connectivity index (χ1v) is 16.4. The van der Waals surface area contributed by atoms with E-state index in [9.17, 15) is 19.5 Å². The number of aliphatic hydroxyl groups is 1. The van der Waals surface area contributed by atoms with Crippen molar-refractivity contribution in [1.82, 2.24) is 40.4 Å². The third kappa shape index (κ3) is 7.90. The minimum atomic E-state index is -0.632. The zero-order valence-electron chi connectivity index (χ0n) is 26.8. The number of likely N-dealkylation sites (tertiary alicyclic amines) is 1. The van der Waals surface area contributed by atoms with Gasteiger partial charge in [0.15, 0.2) is 0 Å². The predicted octanol–water partition coefficient (Wildman–Crippen LogP) is 3.95. The quantitative estimate of drug-likeness (QED) is 0.178. The molecular weight excluding hydrogens is 652 g/mol. The fourth-order valence-electron chi connectivity index (χ4n) is 6.28. The highest BCUT2D eigenvalue weighted by molar-refractivity contribution is 6.30. The number of H-pyrrole nitrogens is 1. The Morgan fingerprint density at radius 1 is 1.12 bits per heavy atom. The van der Waals surface area contributed by atoms with E-state index in [0.29, 0.717) is 77.1 Å². The van der Waals surface area contributed by atoms with Crippen LogP contribution in [0.3, 0.4) is 0 Å². The highest BCUT2D eigenvalue weighted by Crippen LogP contribution is 2.34. The Morgan fingerprint density at radius 3 is 2.71 bits per heavy atom. The van der Waals surface area contributed by atoms with Crippen LogP contribution in [0.5, 0.6) is 0 Å². The van der Waals surface area contributed by atoms with Crippen molar-refractivity contribution in [2.75, 3.05) is 37.4 Å². The molecule has 1 saturated heterocycles. The molecule has 0 radical (unpaired) electrons. The number of fused-ring (bicyclic) bond motifs is 4. The van der Waals surface area contributed by atoms with E-state index in [-0.39, 0.29) is 18.4 Å².